The van der Waals surface area contributed by atoms with Gasteiger partial charge in [0.05, 0.1) is 0 Å². The van der Waals surface area contributed by atoms with Gasteiger partial charge in [0.15, 0.2) is 6.10 Å². The molecule has 0 heterocycles. The van der Waals surface area contributed by atoms with Gasteiger partial charge in [-0.3, -0.25) is 14.4 Å². The highest BCUT2D eigenvalue weighted by molar-refractivity contribution is 5.71. The van der Waals surface area contributed by atoms with E-state index < -0.39 is 6.10 Å². The molecule has 0 bridgehead atoms. The fraction of sp³-hybridized carbons (Fsp3) is 0.627. The molecule has 0 aliphatic carbocycles. The third kappa shape index (κ3) is 58.3. The highest BCUT2D eigenvalue weighted by atomic mass is 16.6. The van der Waals surface area contributed by atoms with Crippen LogP contribution < -0.4 is 0 Å². The summed E-state index contributed by atoms with van der Waals surface area (Å²) in [6.45, 7) is 6.47. The maximum Gasteiger partial charge on any atom is 0.306 e. The summed E-state index contributed by atoms with van der Waals surface area (Å²) in [5.74, 6) is -1.02. The number of ether oxygens (including phenoxy) is 3. The first-order valence-corrected chi connectivity index (χ1v) is 29.7. The average molecular weight is 1010 g/mol. The molecule has 0 saturated heterocycles. The zero-order valence-corrected chi connectivity index (χ0v) is 47.1. The lowest BCUT2D eigenvalue weighted by Crippen LogP contribution is -2.30. The highest BCUT2D eigenvalue weighted by Crippen LogP contribution is 2.13. The Hall–Kier alpha value is -4.45. The van der Waals surface area contributed by atoms with Gasteiger partial charge in [0.2, 0.25) is 0 Å². The van der Waals surface area contributed by atoms with Crippen LogP contribution in [-0.2, 0) is 28.6 Å². The van der Waals surface area contributed by atoms with E-state index in [0.29, 0.717) is 12.8 Å². The van der Waals surface area contributed by atoms with Gasteiger partial charge in [-0.05, 0) is 141 Å². The van der Waals surface area contributed by atoms with Gasteiger partial charge in [-0.25, -0.2) is 0 Å². The molecule has 6 nitrogen and oxygen atoms in total. The maximum atomic E-state index is 12.9. The molecule has 0 radical (unpaired) electrons. The number of hydrogen-bond donors (Lipinski definition) is 0. The molecule has 0 rings (SSSR count). The topological polar surface area (TPSA) is 78.9 Å². The van der Waals surface area contributed by atoms with Crippen molar-refractivity contribution in [1.82, 2.24) is 0 Å². The SMILES string of the molecule is CCCCC/C=C\C/C=C\C/C=C\C/C=C\CCCCCC(=O)OC[C@@H](COC(=O)CCC/C=C\C/C=C\C/C=C\C/C=C\CCCCC)OC(=O)CCCCCCCC/C=C\C/C=C\C/C=C\CCCCC. The Morgan fingerprint density at radius 2 is 0.507 bits per heavy atom. The van der Waals surface area contributed by atoms with E-state index in [0.717, 1.165) is 116 Å². The van der Waals surface area contributed by atoms with E-state index in [1.807, 2.05) is 0 Å². The van der Waals surface area contributed by atoms with E-state index in [-0.39, 0.29) is 44.0 Å². The van der Waals surface area contributed by atoms with Gasteiger partial charge in [0.1, 0.15) is 13.2 Å². The Morgan fingerprint density at radius 3 is 0.836 bits per heavy atom. The third-order valence-corrected chi connectivity index (χ3v) is 12.1. The van der Waals surface area contributed by atoms with Gasteiger partial charge in [0.25, 0.3) is 0 Å². The fourth-order valence-electron chi connectivity index (χ4n) is 7.60. The molecule has 0 saturated carbocycles. The zero-order chi connectivity index (χ0) is 52.9. The van der Waals surface area contributed by atoms with Crippen LogP contribution >= 0.6 is 0 Å². The third-order valence-electron chi connectivity index (χ3n) is 12.1. The van der Waals surface area contributed by atoms with Crippen molar-refractivity contribution in [3.05, 3.63) is 134 Å². The smallest absolute Gasteiger partial charge is 0.306 e. The number of rotatable bonds is 52. The first kappa shape index (κ1) is 68.6. The molecule has 0 amide bonds. The Balaban J connectivity index is 4.58. The van der Waals surface area contributed by atoms with E-state index in [2.05, 4.69) is 154 Å². The molecule has 6 heteroatoms. The maximum absolute atomic E-state index is 12.9. The van der Waals surface area contributed by atoms with E-state index in [1.165, 1.54) is 89.9 Å². The normalized spacial score (nSPS) is 13.1. The minimum Gasteiger partial charge on any atom is -0.462 e. The van der Waals surface area contributed by atoms with E-state index in [1.54, 1.807) is 0 Å². The fourth-order valence-corrected chi connectivity index (χ4v) is 7.60. The van der Waals surface area contributed by atoms with Crippen molar-refractivity contribution < 1.29 is 28.6 Å². The molecule has 0 aromatic heterocycles. The van der Waals surface area contributed by atoms with Gasteiger partial charge in [-0.1, -0.05) is 225 Å². The highest BCUT2D eigenvalue weighted by Gasteiger charge is 2.19. The number of unbranched alkanes of at least 4 members (excludes halogenated alkanes) is 19. The van der Waals surface area contributed by atoms with Gasteiger partial charge < -0.3 is 14.2 Å². The number of carbonyl (C=O) groups is 3. The van der Waals surface area contributed by atoms with Gasteiger partial charge >= 0.3 is 17.9 Å². The predicted molar refractivity (Wildman–Crippen MR) is 316 cm³/mol. The Morgan fingerprint density at radius 1 is 0.274 bits per heavy atom. The summed E-state index contributed by atoms with van der Waals surface area (Å²) in [5, 5.41) is 0. The summed E-state index contributed by atoms with van der Waals surface area (Å²) in [6.07, 6.45) is 84.4. The summed E-state index contributed by atoms with van der Waals surface area (Å²) in [4.78, 5) is 38.2. The molecule has 0 aromatic rings. The van der Waals surface area contributed by atoms with Crippen LogP contribution in [0, 0.1) is 0 Å². The first-order chi connectivity index (χ1) is 36.0. The first-order valence-electron chi connectivity index (χ1n) is 29.7. The molecule has 0 aliphatic heterocycles. The summed E-state index contributed by atoms with van der Waals surface area (Å²) < 4.78 is 16.8. The van der Waals surface area contributed by atoms with Crippen molar-refractivity contribution in [2.24, 2.45) is 0 Å². The molecular formula is C67H108O6. The Kier molecular flexibility index (Phi) is 56.4. The Bertz CT molecular complexity index is 1580. The van der Waals surface area contributed by atoms with Crippen LogP contribution in [0.4, 0.5) is 0 Å². The van der Waals surface area contributed by atoms with Crippen LogP contribution in [0.1, 0.15) is 252 Å². The van der Waals surface area contributed by atoms with Gasteiger partial charge in [-0.15, -0.1) is 0 Å². The minimum absolute atomic E-state index is 0.121. The molecule has 0 N–H and O–H groups in total. The van der Waals surface area contributed by atoms with E-state index in [9.17, 15) is 14.4 Å². The van der Waals surface area contributed by atoms with E-state index in [4.69, 9.17) is 14.2 Å². The number of allylic oxidation sites excluding steroid dienone is 22. The predicted octanol–water partition coefficient (Wildman–Crippen LogP) is 20.2. The van der Waals surface area contributed by atoms with Crippen LogP contribution in [0.25, 0.3) is 0 Å². The average Bonchev–Trinajstić information content (AvgIpc) is 3.39. The van der Waals surface area contributed by atoms with Crippen LogP contribution in [0.5, 0.6) is 0 Å². The molecule has 73 heavy (non-hydrogen) atoms. The van der Waals surface area contributed by atoms with Crippen LogP contribution in [0.3, 0.4) is 0 Å². The lowest BCUT2D eigenvalue weighted by molar-refractivity contribution is -0.167. The summed E-state index contributed by atoms with van der Waals surface area (Å²) >= 11 is 0. The van der Waals surface area contributed by atoms with Crippen LogP contribution in [0.2, 0.25) is 0 Å². The van der Waals surface area contributed by atoms with Crippen LogP contribution in [-0.4, -0.2) is 37.2 Å². The standard InChI is InChI=1S/C67H108O6/c1-4-7-10-13-16-19-22-25-28-31-33-36-39-42-45-48-51-54-57-60-66(69)72-63-64(62-71-65(68)59-56-53-50-47-44-41-38-35-30-27-24-21-18-15-12-9-6-3)73-67(70)61-58-55-52-49-46-43-40-37-34-32-29-26-23-20-17-14-11-8-5-2/h16-21,25-30,33-34,36-38,41-42,45,47,50,64H,4-15,22-24,31-32,35,39-40,43-44,46,48-49,51-63H2,1-3H3/b19-16-,20-17-,21-18-,28-25-,29-26-,30-27-,36-33-,37-34-,41-38-,45-42-,50-47-/t64-/m1/s1. The quantitative estimate of drug-likeness (QED) is 0.0261. The van der Waals surface area contributed by atoms with Crippen molar-refractivity contribution in [3.63, 3.8) is 0 Å². The molecule has 0 unspecified atom stereocenters. The second-order valence-electron chi connectivity index (χ2n) is 19.2. The molecule has 1 atom stereocenters. The number of esters is 3. The number of hydrogen-bond acceptors (Lipinski definition) is 6. The van der Waals surface area contributed by atoms with E-state index >= 15 is 0 Å². The molecule has 0 aromatic carbocycles. The second-order valence-corrected chi connectivity index (χ2v) is 19.2. The minimum atomic E-state index is -0.827. The molecule has 0 aliphatic rings. The zero-order valence-electron chi connectivity index (χ0n) is 47.1. The number of carbonyl (C=O) groups excluding carboxylic acids is 3. The lowest BCUT2D eigenvalue weighted by Gasteiger charge is -2.18. The summed E-state index contributed by atoms with van der Waals surface area (Å²) in [5.41, 5.74) is 0. The largest absolute Gasteiger partial charge is 0.462 e. The van der Waals surface area contributed by atoms with Crippen LogP contribution in [0.15, 0.2) is 134 Å². The Labute approximate surface area is 449 Å². The monoisotopic (exact) mass is 1010 g/mol. The molecule has 412 valence electrons. The van der Waals surface area contributed by atoms with Crippen molar-refractivity contribution in [1.29, 1.82) is 0 Å². The van der Waals surface area contributed by atoms with Crippen molar-refractivity contribution >= 4 is 17.9 Å². The van der Waals surface area contributed by atoms with Gasteiger partial charge in [-0.2, -0.15) is 0 Å². The van der Waals surface area contributed by atoms with Crippen molar-refractivity contribution in [2.45, 2.75) is 258 Å². The molecule has 0 spiro atoms. The second kappa shape index (κ2) is 60.1. The summed E-state index contributed by atoms with van der Waals surface area (Å²) in [6, 6.07) is 0. The molecule has 0 fully saturated rings. The lowest BCUT2D eigenvalue weighted by atomic mass is 10.1. The summed E-state index contributed by atoms with van der Waals surface area (Å²) in [7, 11) is 0. The van der Waals surface area contributed by atoms with Gasteiger partial charge in [0, 0.05) is 19.3 Å². The van der Waals surface area contributed by atoms with Crippen molar-refractivity contribution in [2.75, 3.05) is 13.2 Å². The molecular weight excluding hydrogens is 901 g/mol. The van der Waals surface area contributed by atoms with Crippen molar-refractivity contribution in [3.8, 4) is 0 Å².